The molecule has 1 heterocycles. The normalized spacial score (nSPS) is 32.1. The predicted molar refractivity (Wildman–Crippen MR) is 64.6 cm³/mol. The van der Waals surface area contributed by atoms with Gasteiger partial charge < -0.3 is 10.6 Å². The fourth-order valence-corrected chi connectivity index (χ4v) is 2.17. The SMILES string of the molecule is CC#CCNC1(CN)CCN(C)C(C)C1. The number of nitrogens with two attached hydrogens (primary N) is 1. The maximum Gasteiger partial charge on any atom is 0.0581 e. The quantitative estimate of drug-likeness (QED) is 0.662. The largest absolute Gasteiger partial charge is 0.329 e. The van der Waals surface area contributed by atoms with Crippen LogP contribution in [-0.2, 0) is 0 Å². The summed E-state index contributed by atoms with van der Waals surface area (Å²) in [6.45, 7) is 6.70. The molecule has 0 spiro atoms. The van der Waals surface area contributed by atoms with Gasteiger partial charge in [-0.1, -0.05) is 5.92 Å². The van der Waals surface area contributed by atoms with E-state index in [9.17, 15) is 0 Å². The second-order valence-corrected chi connectivity index (χ2v) is 4.55. The Balaban J connectivity index is 2.55. The Morgan fingerprint density at radius 1 is 1.60 bits per heavy atom. The van der Waals surface area contributed by atoms with Gasteiger partial charge in [-0.3, -0.25) is 5.32 Å². The third-order valence-electron chi connectivity index (χ3n) is 3.50. The molecule has 3 N–H and O–H groups in total. The van der Waals surface area contributed by atoms with Gasteiger partial charge in [-0.15, -0.1) is 5.92 Å². The minimum atomic E-state index is 0.107. The number of hydrogen-bond acceptors (Lipinski definition) is 3. The van der Waals surface area contributed by atoms with Crippen molar-refractivity contribution in [1.29, 1.82) is 0 Å². The zero-order valence-corrected chi connectivity index (χ0v) is 10.1. The zero-order valence-electron chi connectivity index (χ0n) is 10.1. The summed E-state index contributed by atoms with van der Waals surface area (Å²) < 4.78 is 0. The van der Waals surface area contributed by atoms with E-state index in [1.165, 1.54) is 0 Å². The molecule has 3 nitrogen and oxygen atoms in total. The molecule has 1 saturated heterocycles. The van der Waals surface area contributed by atoms with Gasteiger partial charge in [0.1, 0.15) is 0 Å². The molecule has 15 heavy (non-hydrogen) atoms. The van der Waals surface area contributed by atoms with Crippen LogP contribution in [-0.4, -0.2) is 43.2 Å². The van der Waals surface area contributed by atoms with Crippen molar-refractivity contribution in [3.05, 3.63) is 0 Å². The molecular formula is C12H23N3. The lowest BCUT2D eigenvalue weighted by Gasteiger charge is -2.44. The number of likely N-dealkylation sites (tertiary alicyclic amines) is 1. The summed E-state index contributed by atoms with van der Waals surface area (Å²) in [5.74, 6) is 5.96. The molecule has 0 amide bonds. The molecule has 0 saturated carbocycles. The predicted octanol–water partition coefficient (Wildman–Crippen LogP) is 0.411. The summed E-state index contributed by atoms with van der Waals surface area (Å²) >= 11 is 0. The number of rotatable bonds is 3. The third-order valence-corrected chi connectivity index (χ3v) is 3.50. The van der Waals surface area contributed by atoms with Gasteiger partial charge in [0.25, 0.3) is 0 Å². The van der Waals surface area contributed by atoms with Crippen LogP contribution in [0.1, 0.15) is 26.7 Å². The molecule has 0 aromatic carbocycles. The number of piperidine rings is 1. The monoisotopic (exact) mass is 209 g/mol. The molecule has 86 valence electrons. The summed E-state index contributed by atoms with van der Waals surface area (Å²) in [6.07, 6.45) is 2.24. The highest BCUT2D eigenvalue weighted by Crippen LogP contribution is 2.24. The Kier molecular flexibility index (Phi) is 4.59. The second kappa shape index (κ2) is 5.50. The van der Waals surface area contributed by atoms with E-state index in [0.29, 0.717) is 12.6 Å². The zero-order chi connectivity index (χ0) is 11.3. The molecule has 1 rings (SSSR count). The molecule has 1 aliphatic heterocycles. The summed E-state index contributed by atoms with van der Waals surface area (Å²) in [5.41, 5.74) is 6.01. The van der Waals surface area contributed by atoms with E-state index in [1.807, 2.05) is 6.92 Å². The Morgan fingerprint density at radius 3 is 2.87 bits per heavy atom. The standard InChI is InChI=1S/C12H23N3/c1-4-5-7-14-12(10-13)6-8-15(3)11(2)9-12/h11,14H,6-10,13H2,1-3H3. The summed E-state index contributed by atoms with van der Waals surface area (Å²) in [5, 5.41) is 3.51. The van der Waals surface area contributed by atoms with Crippen molar-refractivity contribution in [3.63, 3.8) is 0 Å². The van der Waals surface area contributed by atoms with Crippen LogP contribution in [0.4, 0.5) is 0 Å². The van der Waals surface area contributed by atoms with E-state index in [-0.39, 0.29) is 5.54 Å². The van der Waals surface area contributed by atoms with Gasteiger partial charge in [0, 0.05) is 18.1 Å². The van der Waals surface area contributed by atoms with E-state index in [1.54, 1.807) is 0 Å². The van der Waals surface area contributed by atoms with Gasteiger partial charge in [-0.05, 0) is 40.3 Å². The molecule has 2 unspecified atom stereocenters. The van der Waals surface area contributed by atoms with Crippen LogP contribution in [0, 0.1) is 11.8 Å². The lowest BCUT2D eigenvalue weighted by Crippen LogP contribution is -2.59. The molecule has 1 fully saturated rings. The number of nitrogens with zero attached hydrogens (tertiary/aromatic N) is 1. The van der Waals surface area contributed by atoms with Crippen molar-refractivity contribution >= 4 is 0 Å². The summed E-state index contributed by atoms with van der Waals surface area (Å²) in [7, 11) is 2.18. The summed E-state index contributed by atoms with van der Waals surface area (Å²) in [6, 6.07) is 0.601. The van der Waals surface area contributed by atoms with Gasteiger partial charge >= 0.3 is 0 Å². The Morgan fingerprint density at radius 2 is 2.33 bits per heavy atom. The van der Waals surface area contributed by atoms with E-state index in [4.69, 9.17) is 5.73 Å². The highest BCUT2D eigenvalue weighted by molar-refractivity contribution is 5.03. The number of hydrogen-bond donors (Lipinski definition) is 2. The van der Waals surface area contributed by atoms with Crippen LogP contribution in [0.25, 0.3) is 0 Å². The van der Waals surface area contributed by atoms with Crippen molar-refractivity contribution in [3.8, 4) is 11.8 Å². The van der Waals surface area contributed by atoms with E-state index in [0.717, 1.165) is 25.9 Å². The Labute approximate surface area is 93.4 Å². The Bertz CT molecular complexity index is 253. The molecule has 2 atom stereocenters. The van der Waals surface area contributed by atoms with Crippen molar-refractivity contribution in [2.75, 3.05) is 26.7 Å². The lowest BCUT2D eigenvalue weighted by molar-refractivity contribution is 0.114. The minimum Gasteiger partial charge on any atom is -0.329 e. The molecule has 0 aliphatic carbocycles. The molecule has 0 radical (unpaired) electrons. The second-order valence-electron chi connectivity index (χ2n) is 4.55. The fourth-order valence-electron chi connectivity index (χ4n) is 2.17. The first-order chi connectivity index (χ1) is 7.13. The van der Waals surface area contributed by atoms with Gasteiger partial charge in [0.05, 0.1) is 6.54 Å². The van der Waals surface area contributed by atoms with Crippen molar-refractivity contribution in [2.24, 2.45) is 5.73 Å². The first-order valence-electron chi connectivity index (χ1n) is 5.68. The first-order valence-corrected chi connectivity index (χ1v) is 5.68. The molecule has 1 aliphatic rings. The van der Waals surface area contributed by atoms with Crippen LogP contribution >= 0.6 is 0 Å². The maximum atomic E-state index is 5.90. The van der Waals surface area contributed by atoms with Crippen LogP contribution < -0.4 is 11.1 Å². The first kappa shape index (κ1) is 12.5. The van der Waals surface area contributed by atoms with Crippen LogP contribution in [0.2, 0.25) is 0 Å². The molecular weight excluding hydrogens is 186 g/mol. The van der Waals surface area contributed by atoms with Gasteiger partial charge in [-0.25, -0.2) is 0 Å². The molecule has 0 bridgehead atoms. The average Bonchev–Trinajstić information content (AvgIpc) is 2.24. The molecule has 3 heteroatoms. The lowest BCUT2D eigenvalue weighted by atomic mass is 9.84. The smallest absolute Gasteiger partial charge is 0.0581 e. The fraction of sp³-hybridized carbons (Fsp3) is 0.833. The van der Waals surface area contributed by atoms with Crippen LogP contribution in [0.15, 0.2) is 0 Å². The topological polar surface area (TPSA) is 41.3 Å². The van der Waals surface area contributed by atoms with E-state index < -0.39 is 0 Å². The van der Waals surface area contributed by atoms with Gasteiger partial charge in [0.2, 0.25) is 0 Å². The minimum absolute atomic E-state index is 0.107. The van der Waals surface area contributed by atoms with Crippen molar-refractivity contribution in [1.82, 2.24) is 10.2 Å². The van der Waals surface area contributed by atoms with Gasteiger partial charge in [0.15, 0.2) is 0 Å². The molecule has 0 aromatic rings. The molecule has 0 aromatic heterocycles. The maximum absolute atomic E-state index is 5.90. The van der Waals surface area contributed by atoms with Crippen molar-refractivity contribution < 1.29 is 0 Å². The van der Waals surface area contributed by atoms with E-state index >= 15 is 0 Å². The summed E-state index contributed by atoms with van der Waals surface area (Å²) in [4.78, 5) is 2.39. The van der Waals surface area contributed by atoms with E-state index in [2.05, 4.69) is 36.0 Å². The highest BCUT2D eigenvalue weighted by Gasteiger charge is 2.35. The number of nitrogens with one attached hydrogen (secondary N) is 1. The van der Waals surface area contributed by atoms with Crippen LogP contribution in [0.5, 0.6) is 0 Å². The Hall–Kier alpha value is -0.560. The van der Waals surface area contributed by atoms with Crippen LogP contribution in [0.3, 0.4) is 0 Å². The average molecular weight is 209 g/mol. The highest BCUT2D eigenvalue weighted by atomic mass is 15.2. The third kappa shape index (κ3) is 3.20. The van der Waals surface area contributed by atoms with Crippen molar-refractivity contribution in [2.45, 2.75) is 38.3 Å². The van der Waals surface area contributed by atoms with Gasteiger partial charge in [-0.2, -0.15) is 0 Å².